The van der Waals surface area contributed by atoms with Gasteiger partial charge < -0.3 is 27.9 Å². The van der Waals surface area contributed by atoms with Gasteiger partial charge in [-0.25, -0.2) is 0 Å². The van der Waals surface area contributed by atoms with Crippen LogP contribution in [0.1, 0.15) is 290 Å². The van der Waals surface area contributed by atoms with E-state index in [2.05, 4.69) is 26.0 Å². The van der Waals surface area contributed by atoms with Gasteiger partial charge in [-0.2, -0.15) is 0 Å². The van der Waals surface area contributed by atoms with Gasteiger partial charge in [0.25, 0.3) is 7.82 Å². The number of esters is 2. The SMILES string of the molecule is CCCCCCCCCC/C=C\CCCCCCCCCCCCCCCCCCCCCCCCCCCC(=O)OC(COC(=O)CCCCCCCC)COP(=O)([O-])OCC[N+](C)(C)C. The lowest BCUT2D eigenvalue weighted by molar-refractivity contribution is -0.870. The zero-order valence-electron chi connectivity index (χ0n) is 45.1. The fourth-order valence-corrected chi connectivity index (χ4v) is 9.26. The Hall–Kier alpha value is -1.25. The second-order valence-corrected chi connectivity index (χ2v) is 22.4. The molecule has 2 unspecified atom stereocenters. The van der Waals surface area contributed by atoms with Crippen LogP contribution in [-0.4, -0.2) is 70.0 Å². The minimum absolute atomic E-state index is 0.0268. The first-order valence-corrected chi connectivity index (χ1v) is 30.4. The van der Waals surface area contributed by atoms with Crippen molar-refractivity contribution in [2.24, 2.45) is 0 Å². The Bertz CT molecular complexity index is 1140. The molecule has 0 N–H and O–H groups in total. The molecular formula is C57H112NO8P. The quantitative estimate of drug-likeness (QED) is 0.0195. The zero-order chi connectivity index (χ0) is 49.2. The molecule has 0 amide bonds. The minimum atomic E-state index is -4.61. The summed E-state index contributed by atoms with van der Waals surface area (Å²) in [6, 6.07) is 0. The first-order valence-electron chi connectivity index (χ1n) is 28.9. The first-order chi connectivity index (χ1) is 32.5. The van der Waals surface area contributed by atoms with Gasteiger partial charge in [0.05, 0.1) is 27.7 Å². The van der Waals surface area contributed by atoms with E-state index in [0.29, 0.717) is 17.4 Å². The van der Waals surface area contributed by atoms with Gasteiger partial charge >= 0.3 is 11.9 Å². The Morgan fingerprint density at radius 1 is 0.448 bits per heavy atom. The molecule has 0 fully saturated rings. The normalized spacial score (nSPS) is 13.3. The van der Waals surface area contributed by atoms with Gasteiger partial charge in [0.2, 0.25) is 0 Å². The fraction of sp³-hybridized carbons (Fsp3) is 0.930. The molecule has 0 rings (SSSR count). The number of phosphoric acid groups is 1. The Morgan fingerprint density at radius 2 is 0.761 bits per heavy atom. The predicted octanol–water partition coefficient (Wildman–Crippen LogP) is 17.0. The molecular weight excluding hydrogens is 858 g/mol. The molecule has 0 heterocycles. The summed E-state index contributed by atoms with van der Waals surface area (Å²) in [7, 11) is 1.18. The standard InChI is InChI=1S/C57H112NO8P/c1-6-8-10-12-14-15-16-17-18-19-20-21-22-23-24-25-26-27-28-29-30-31-32-33-34-35-36-37-38-39-40-41-42-43-44-46-48-50-57(60)66-55(53-63-56(59)49-47-45-13-11-9-7-2)54-65-67(61,62)64-52-51-58(3,4)5/h19-20,55H,6-18,21-54H2,1-5H3/b20-19-. The lowest BCUT2D eigenvalue weighted by atomic mass is 10.0. The third kappa shape index (κ3) is 53.9. The van der Waals surface area contributed by atoms with E-state index in [9.17, 15) is 19.0 Å². The van der Waals surface area contributed by atoms with Gasteiger partial charge in [-0.1, -0.05) is 251 Å². The largest absolute Gasteiger partial charge is 0.756 e. The van der Waals surface area contributed by atoms with Gasteiger partial charge in [0, 0.05) is 12.8 Å². The topological polar surface area (TPSA) is 111 Å². The number of allylic oxidation sites excluding steroid dienone is 2. The van der Waals surface area contributed by atoms with Crippen LogP contribution in [0, 0.1) is 0 Å². The maximum absolute atomic E-state index is 12.7. The van der Waals surface area contributed by atoms with E-state index >= 15 is 0 Å². The molecule has 0 aromatic rings. The second kappa shape index (κ2) is 49.7. The van der Waals surface area contributed by atoms with Crippen molar-refractivity contribution in [1.29, 1.82) is 0 Å². The highest BCUT2D eigenvalue weighted by Gasteiger charge is 2.22. The van der Waals surface area contributed by atoms with Crippen molar-refractivity contribution in [2.45, 2.75) is 296 Å². The Balaban J connectivity index is 3.74. The van der Waals surface area contributed by atoms with Gasteiger partial charge in [-0.15, -0.1) is 0 Å². The first kappa shape index (κ1) is 65.8. The molecule has 10 heteroatoms. The highest BCUT2D eigenvalue weighted by atomic mass is 31.2. The molecule has 0 aromatic carbocycles. The monoisotopic (exact) mass is 970 g/mol. The van der Waals surface area contributed by atoms with Crippen molar-refractivity contribution in [1.82, 2.24) is 0 Å². The van der Waals surface area contributed by atoms with E-state index in [1.807, 2.05) is 21.1 Å². The number of rotatable bonds is 54. The molecule has 0 radical (unpaired) electrons. The van der Waals surface area contributed by atoms with E-state index in [1.54, 1.807) is 0 Å². The number of carbonyl (C=O) groups excluding carboxylic acids is 2. The number of hydrogen-bond donors (Lipinski definition) is 0. The summed E-state index contributed by atoms with van der Waals surface area (Å²) in [5.74, 6) is -0.829. The minimum Gasteiger partial charge on any atom is -0.756 e. The molecule has 0 aliphatic heterocycles. The Labute approximate surface area is 416 Å². The van der Waals surface area contributed by atoms with Crippen LogP contribution in [0.25, 0.3) is 0 Å². The lowest BCUT2D eigenvalue weighted by Gasteiger charge is -2.28. The fourth-order valence-electron chi connectivity index (χ4n) is 8.54. The number of quaternary nitrogens is 1. The van der Waals surface area contributed by atoms with Crippen molar-refractivity contribution in [3.05, 3.63) is 12.2 Å². The highest BCUT2D eigenvalue weighted by Crippen LogP contribution is 2.38. The average molecular weight is 970 g/mol. The van der Waals surface area contributed by atoms with Crippen molar-refractivity contribution in [2.75, 3.05) is 47.5 Å². The van der Waals surface area contributed by atoms with E-state index in [-0.39, 0.29) is 32.0 Å². The summed E-state index contributed by atoms with van der Waals surface area (Å²) in [6.45, 7) is 4.20. The number of nitrogens with zero attached hydrogens (tertiary/aromatic N) is 1. The number of carbonyl (C=O) groups is 2. The molecule has 67 heavy (non-hydrogen) atoms. The molecule has 9 nitrogen and oxygen atoms in total. The molecule has 2 atom stereocenters. The number of ether oxygens (including phenoxy) is 2. The average Bonchev–Trinajstić information content (AvgIpc) is 3.29. The summed E-state index contributed by atoms with van der Waals surface area (Å²) in [4.78, 5) is 37.4. The summed E-state index contributed by atoms with van der Waals surface area (Å²) in [5.41, 5.74) is 0. The zero-order valence-corrected chi connectivity index (χ0v) is 46.0. The number of likely N-dealkylation sites (N-methyl/N-ethyl adjacent to an activating group) is 1. The van der Waals surface area contributed by atoms with Crippen LogP contribution in [0.3, 0.4) is 0 Å². The van der Waals surface area contributed by atoms with Crippen molar-refractivity contribution in [3.63, 3.8) is 0 Å². The third-order valence-electron chi connectivity index (χ3n) is 13.0. The molecule has 0 saturated heterocycles. The summed E-state index contributed by atoms with van der Waals surface area (Å²) in [5, 5.41) is 0. The van der Waals surface area contributed by atoms with Crippen LogP contribution in [0.5, 0.6) is 0 Å². The number of unbranched alkanes of at least 4 members (excludes halogenated alkanes) is 38. The Kier molecular flexibility index (Phi) is 48.8. The maximum atomic E-state index is 12.7. The third-order valence-corrected chi connectivity index (χ3v) is 14.0. The summed E-state index contributed by atoms with van der Waals surface area (Å²) >= 11 is 0. The lowest BCUT2D eigenvalue weighted by Crippen LogP contribution is -2.37. The van der Waals surface area contributed by atoms with Crippen LogP contribution < -0.4 is 4.89 Å². The van der Waals surface area contributed by atoms with Crippen LogP contribution in [-0.2, 0) is 32.7 Å². The van der Waals surface area contributed by atoms with E-state index in [1.165, 1.54) is 218 Å². The smallest absolute Gasteiger partial charge is 0.306 e. The van der Waals surface area contributed by atoms with E-state index < -0.39 is 26.5 Å². The van der Waals surface area contributed by atoms with E-state index in [4.69, 9.17) is 18.5 Å². The Morgan fingerprint density at radius 3 is 1.10 bits per heavy atom. The maximum Gasteiger partial charge on any atom is 0.306 e. The van der Waals surface area contributed by atoms with Crippen LogP contribution >= 0.6 is 7.82 Å². The van der Waals surface area contributed by atoms with Crippen molar-refractivity contribution < 1.29 is 42.1 Å². The molecule has 0 aromatic heterocycles. The molecule has 0 aliphatic carbocycles. The molecule has 398 valence electrons. The van der Waals surface area contributed by atoms with E-state index in [0.717, 1.165) is 38.5 Å². The molecule has 0 saturated carbocycles. The van der Waals surface area contributed by atoms with Crippen LogP contribution in [0.15, 0.2) is 12.2 Å². The molecule has 0 aliphatic rings. The van der Waals surface area contributed by atoms with Crippen LogP contribution in [0.4, 0.5) is 0 Å². The summed E-state index contributed by atoms with van der Waals surface area (Å²) in [6.07, 6.45) is 57.7. The van der Waals surface area contributed by atoms with Gasteiger partial charge in [0.1, 0.15) is 19.8 Å². The summed E-state index contributed by atoms with van der Waals surface area (Å²) < 4.78 is 33.8. The highest BCUT2D eigenvalue weighted by molar-refractivity contribution is 7.45. The number of hydrogen-bond acceptors (Lipinski definition) is 8. The van der Waals surface area contributed by atoms with Crippen LogP contribution in [0.2, 0.25) is 0 Å². The predicted molar refractivity (Wildman–Crippen MR) is 282 cm³/mol. The van der Waals surface area contributed by atoms with Gasteiger partial charge in [0.15, 0.2) is 6.10 Å². The van der Waals surface area contributed by atoms with Gasteiger partial charge in [-0.05, 0) is 38.5 Å². The number of phosphoric ester groups is 1. The van der Waals surface area contributed by atoms with Crippen molar-refractivity contribution in [3.8, 4) is 0 Å². The molecule has 0 bridgehead atoms. The second-order valence-electron chi connectivity index (χ2n) is 21.0. The van der Waals surface area contributed by atoms with Gasteiger partial charge in [-0.3, -0.25) is 14.2 Å². The van der Waals surface area contributed by atoms with Crippen molar-refractivity contribution >= 4 is 19.8 Å². The molecule has 0 spiro atoms.